The first-order valence-corrected chi connectivity index (χ1v) is 8.22. The largest absolute Gasteiger partial charge is 0.378 e. The minimum atomic E-state index is -0.501. The summed E-state index contributed by atoms with van der Waals surface area (Å²) in [6.45, 7) is 8.70. The molecule has 0 radical (unpaired) electrons. The van der Waals surface area contributed by atoms with E-state index in [0.717, 1.165) is 32.7 Å². The van der Waals surface area contributed by atoms with E-state index < -0.39 is 4.92 Å². The number of piperazine rings is 1. The lowest BCUT2D eigenvalue weighted by molar-refractivity contribution is -0.383. The number of likely N-dealkylation sites (N-methyl/N-ethyl adjacent to an activating group) is 1. The Balaban J connectivity index is 1.91. The quantitative estimate of drug-likeness (QED) is 0.596. The average Bonchev–Trinajstić information content (AvgIpc) is 2.61. The molecule has 10 nitrogen and oxygen atoms in total. The van der Waals surface area contributed by atoms with Gasteiger partial charge in [0, 0.05) is 39.3 Å². The van der Waals surface area contributed by atoms with E-state index in [9.17, 15) is 10.1 Å². The van der Waals surface area contributed by atoms with Crippen molar-refractivity contribution in [3.8, 4) is 0 Å². The number of nitrogens with zero attached hydrogens (tertiary/aromatic N) is 6. The molecule has 0 aromatic carbocycles. The highest BCUT2D eigenvalue weighted by atomic mass is 16.6. The summed E-state index contributed by atoms with van der Waals surface area (Å²) in [4.78, 5) is 25.8. The molecule has 2 saturated heterocycles. The fraction of sp³-hybridized carbons (Fsp3) is 0.714. The van der Waals surface area contributed by atoms with Crippen LogP contribution in [0, 0.1) is 10.1 Å². The first-order valence-electron chi connectivity index (χ1n) is 8.22. The topological polar surface area (TPSA) is 114 Å². The molecule has 0 unspecified atom stereocenters. The van der Waals surface area contributed by atoms with Crippen LogP contribution < -0.4 is 15.5 Å². The van der Waals surface area contributed by atoms with Crippen LogP contribution in [0.3, 0.4) is 0 Å². The number of hydrogen-bond donors (Lipinski definition) is 1. The Hall–Kier alpha value is -2.20. The van der Waals surface area contributed by atoms with Crippen molar-refractivity contribution in [2.24, 2.45) is 0 Å². The fourth-order valence-electron chi connectivity index (χ4n) is 3.02. The van der Waals surface area contributed by atoms with Gasteiger partial charge in [-0.05, 0) is 6.54 Å². The number of anilines is 3. The molecule has 132 valence electrons. The third kappa shape index (κ3) is 3.34. The van der Waals surface area contributed by atoms with E-state index in [-0.39, 0.29) is 11.5 Å². The number of aromatic nitrogens is 2. The fourth-order valence-corrected chi connectivity index (χ4v) is 3.02. The Bertz CT molecular complexity index is 598. The number of hydrogen-bond acceptors (Lipinski definition) is 9. The number of nitrogens with two attached hydrogens (primary N) is 1. The van der Waals surface area contributed by atoms with Gasteiger partial charge < -0.3 is 25.2 Å². The van der Waals surface area contributed by atoms with E-state index in [4.69, 9.17) is 10.5 Å². The Labute approximate surface area is 140 Å². The van der Waals surface area contributed by atoms with Crippen LogP contribution in [0.1, 0.15) is 6.92 Å². The zero-order valence-corrected chi connectivity index (χ0v) is 13.8. The van der Waals surface area contributed by atoms with Gasteiger partial charge >= 0.3 is 5.69 Å². The van der Waals surface area contributed by atoms with Crippen LogP contribution in [-0.4, -0.2) is 78.8 Å². The summed E-state index contributed by atoms with van der Waals surface area (Å²) in [5.74, 6) is 0.684. The summed E-state index contributed by atoms with van der Waals surface area (Å²) in [5, 5.41) is 11.4. The monoisotopic (exact) mass is 337 g/mol. The SMILES string of the molecule is CCN1CCN(c2nc(N)c([N+](=O)[O-])c(N3CCOCC3)n2)CC1. The van der Waals surface area contributed by atoms with E-state index in [1.54, 1.807) is 0 Å². The molecule has 3 heterocycles. The van der Waals surface area contributed by atoms with Crippen LogP contribution in [0.4, 0.5) is 23.3 Å². The molecule has 0 amide bonds. The van der Waals surface area contributed by atoms with Gasteiger partial charge in [-0.15, -0.1) is 0 Å². The van der Waals surface area contributed by atoms with Crippen molar-refractivity contribution >= 4 is 23.3 Å². The first kappa shape index (κ1) is 16.7. The number of ether oxygens (including phenoxy) is 1. The van der Waals surface area contributed by atoms with Gasteiger partial charge in [0.25, 0.3) is 0 Å². The van der Waals surface area contributed by atoms with Crippen molar-refractivity contribution in [3.05, 3.63) is 10.1 Å². The van der Waals surface area contributed by atoms with Crippen molar-refractivity contribution in [1.82, 2.24) is 14.9 Å². The van der Waals surface area contributed by atoms with Gasteiger partial charge in [0.05, 0.1) is 18.1 Å². The molecule has 3 rings (SSSR count). The maximum absolute atomic E-state index is 11.4. The molecular weight excluding hydrogens is 314 g/mol. The van der Waals surface area contributed by atoms with Gasteiger partial charge in [-0.2, -0.15) is 9.97 Å². The Morgan fingerprint density at radius 1 is 1.12 bits per heavy atom. The second-order valence-electron chi connectivity index (χ2n) is 5.86. The van der Waals surface area contributed by atoms with Crippen molar-refractivity contribution in [3.63, 3.8) is 0 Å². The first-order chi connectivity index (χ1) is 11.6. The van der Waals surface area contributed by atoms with E-state index >= 15 is 0 Å². The van der Waals surface area contributed by atoms with Crippen LogP contribution in [0.5, 0.6) is 0 Å². The van der Waals surface area contributed by atoms with Gasteiger partial charge in [0.1, 0.15) is 0 Å². The van der Waals surface area contributed by atoms with Crippen LogP contribution >= 0.6 is 0 Å². The molecule has 24 heavy (non-hydrogen) atoms. The molecule has 2 fully saturated rings. The van der Waals surface area contributed by atoms with E-state index in [1.165, 1.54) is 0 Å². The maximum atomic E-state index is 11.4. The average molecular weight is 337 g/mol. The van der Waals surface area contributed by atoms with Crippen LogP contribution in [-0.2, 0) is 4.74 Å². The summed E-state index contributed by atoms with van der Waals surface area (Å²) >= 11 is 0. The normalized spacial score (nSPS) is 19.5. The third-order valence-corrected chi connectivity index (χ3v) is 4.48. The molecule has 1 aromatic rings. The zero-order valence-electron chi connectivity index (χ0n) is 13.8. The molecule has 0 spiro atoms. The minimum Gasteiger partial charge on any atom is -0.378 e. The summed E-state index contributed by atoms with van der Waals surface area (Å²) in [6.07, 6.45) is 0. The maximum Gasteiger partial charge on any atom is 0.353 e. The van der Waals surface area contributed by atoms with Gasteiger partial charge in [-0.25, -0.2) is 0 Å². The lowest BCUT2D eigenvalue weighted by Crippen LogP contribution is -2.47. The van der Waals surface area contributed by atoms with E-state index in [2.05, 4.69) is 21.8 Å². The third-order valence-electron chi connectivity index (χ3n) is 4.48. The molecule has 0 bridgehead atoms. The second-order valence-corrected chi connectivity index (χ2v) is 5.86. The van der Waals surface area contributed by atoms with Crippen LogP contribution in [0.2, 0.25) is 0 Å². The lowest BCUT2D eigenvalue weighted by atomic mass is 10.3. The standard InChI is InChI=1S/C14H23N7O3/c1-2-18-3-5-20(6-4-18)14-16-12(15)11(21(22)23)13(17-14)19-7-9-24-10-8-19/h2-10H2,1H3,(H2,15,16,17). The molecule has 0 aliphatic carbocycles. The molecule has 10 heteroatoms. The van der Waals surface area contributed by atoms with Gasteiger partial charge in [-0.3, -0.25) is 10.1 Å². The van der Waals surface area contributed by atoms with Crippen molar-refractivity contribution in [2.75, 3.05) is 74.6 Å². The Kier molecular flexibility index (Phi) is 4.95. The predicted octanol–water partition coefficient (Wildman–Crippen LogP) is -0.0545. The molecular formula is C14H23N7O3. The van der Waals surface area contributed by atoms with Crippen molar-refractivity contribution in [2.45, 2.75) is 6.92 Å². The smallest absolute Gasteiger partial charge is 0.353 e. The highest BCUT2D eigenvalue weighted by molar-refractivity contribution is 5.71. The minimum absolute atomic E-state index is 0.0792. The second kappa shape index (κ2) is 7.14. The van der Waals surface area contributed by atoms with Crippen molar-refractivity contribution in [1.29, 1.82) is 0 Å². The van der Waals surface area contributed by atoms with Gasteiger partial charge in [-0.1, -0.05) is 6.92 Å². The summed E-state index contributed by atoms with van der Waals surface area (Å²) in [6, 6.07) is 0. The summed E-state index contributed by atoms with van der Waals surface area (Å²) < 4.78 is 5.32. The lowest BCUT2D eigenvalue weighted by Gasteiger charge is -2.34. The molecule has 2 aliphatic heterocycles. The molecule has 2 aliphatic rings. The highest BCUT2D eigenvalue weighted by Gasteiger charge is 2.30. The van der Waals surface area contributed by atoms with Crippen LogP contribution in [0.25, 0.3) is 0 Å². The molecule has 1 aromatic heterocycles. The van der Waals surface area contributed by atoms with E-state index in [0.29, 0.717) is 38.1 Å². The van der Waals surface area contributed by atoms with Gasteiger partial charge in [0.2, 0.25) is 17.6 Å². The van der Waals surface area contributed by atoms with Crippen LogP contribution in [0.15, 0.2) is 0 Å². The van der Waals surface area contributed by atoms with Crippen molar-refractivity contribution < 1.29 is 9.66 Å². The van der Waals surface area contributed by atoms with Gasteiger partial charge in [0.15, 0.2) is 0 Å². The highest BCUT2D eigenvalue weighted by Crippen LogP contribution is 2.33. The molecule has 2 N–H and O–H groups in total. The number of nitrogen functional groups attached to an aromatic ring is 1. The number of morpholine rings is 1. The predicted molar refractivity (Wildman–Crippen MR) is 90.5 cm³/mol. The zero-order chi connectivity index (χ0) is 17.1. The Morgan fingerprint density at radius 2 is 1.79 bits per heavy atom. The summed E-state index contributed by atoms with van der Waals surface area (Å²) in [5.41, 5.74) is 5.69. The number of rotatable bonds is 4. The number of nitro groups is 1. The Morgan fingerprint density at radius 3 is 2.38 bits per heavy atom. The summed E-state index contributed by atoms with van der Waals surface area (Å²) in [7, 11) is 0. The molecule has 0 atom stereocenters. The molecule has 0 saturated carbocycles. The van der Waals surface area contributed by atoms with E-state index in [1.807, 2.05) is 9.80 Å².